The van der Waals surface area contributed by atoms with Gasteiger partial charge in [0.1, 0.15) is 5.69 Å². The van der Waals surface area contributed by atoms with Crippen LogP contribution in [0, 0.1) is 10.1 Å². The molecule has 0 aliphatic carbocycles. The zero-order valence-corrected chi connectivity index (χ0v) is 9.89. The third kappa shape index (κ3) is 2.85. The molecule has 0 saturated heterocycles. The van der Waals surface area contributed by atoms with Gasteiger partial charge in [0.15, 0.2) is 5.69 Å². The first kappa shape index (κ1) is 13.8. The van der Waals surface area contributed by atoms with Crippen molar-refractivity contribution in [3.63, 3.8) is 0 Å². The first-order chi connectivity index (χ1) is 9.39. The molecule has 2 aromatic rings. The molecule has 1 N–H and O–H groups in total. The summed E-state index contributed by atoms with van der Waals surface area (Å²) in [6.07, 6.45) is -3.64. The van der Waals surface area contributed by atoms with Crippen molar-refractivity contribution in [2.75, 3.05) is 5.32 Å². The number of anilines is 2. The highest BCUT2D eigenvalue weighted by Crippen LogP contribution is 2.35. The first-order valence-corrected chi connectivity index (χ1v) is 5.42. The Morgan fingerprint density at radius 1 is 1.10 bits per heavy atom. The van der Waals surface area contributed by atoms with Crippen LogP contribution in [-0.4, -0.2) is 9.91 Å². The molecule has 5 nitrogen and oxygen atoms in total. The van der Waals surface area contributed by atoms with E-state index in [0.717, 1.165) is 12.3 Å². The summed E-state index contributed by atoms with van der Waals surface area (Å²) in [5, 5.41) is 13.2. The molecule has 2 rings (SSSR count). The molecule has 0 unspecified atom stereocenters. The molecule has 0 spiro atoms. The summed E-state index contributed by atoms with van der Waals surface area (Å²) in [4.78, 5) is 13.4. The van der Waals surface area contributed by atoms with Crippen LogP contribution in [0.15, 0.2) is 42.6 Å². The van der Waals surface area contributed by atoms with Crippen molar-refractivity contribution in [1.82, 2.24) is 4.98 Å². The van der Waals surface area contributed by atoms with Gasteiger partial charge in [-0.2, -0.15) is 13.2 Å². The number of rotatable bonds is 3. The van der Waals surface area contributed by atoms with Crippen LogP contribution in [0.5, 0.6) is 0 Å². The molecule has 20 heavy (non-hydrogen) atoms. The van der Waals surface area contributed by atoms with E-state index >= 15 is 0 Å². The molecule has 1 heterocycles. The maximum atomic E-state index is 12.8. The second kappa shape index (κ2) is 5.16. The molecule has 0 atom stereocenters. The molecule has 104 valence electrons. The number of pyridine rings is 1. The lowest BCUT2D eigenvalue weighted by molar-refractivity contribution is -0.383. The van der Waals surface area contributed by atoms with Crippen molar-refractivity contribution >= 4 is 17.1 Å². The van der Waals surface area contributed by atoms with Crippen LogP contribution in [0.4, 0.5) is 30.2 Å². The number of benzene rings is 1. The molecule has 0 fully saturated rings. The highest BCUT2D eigenvalue weighted by molar-refractivity contribution is 5.70. The van der Waals surface area contributed by atoms with Crippen molar-refractivity contribution in [2.45, 2.75) is 6.18 Å². The molecule has 0 radical (unpaired) electrons. The van der Waals surface area contributed by atoms with Gasteiger partial charge in [-0.3, -0.25) is 10.1 Å². The van der Waals surface area contributed by atoms with Gasteiger partial charge in [0.2, 0.25) is 0 Å². The fraction of sp³-hybridized carbons (Fsp3) is 0.0833. The Labute approximate surface area is 111 Å². The van der Waals surface area contributed by atoms with E-state index in [1.54, 1.807) is 0 Å². The van der Waals surface area contributed by atoms with Crippen LogP contribution in [-0.2, 0) is 6.18 Å². The molecule has 8 heteroatoms. The van der Waals surface area contributed by atoms with Crippen LogP contribution in [0.2, 0.25) is 0 Å². The number of hydrogen-bond donors (Lipinski definition) is 1. The van der Waals surface area contributed by atoms with Gasteiger partial charge in [0, 0.05) is 12.3 Å². The molecule has 0 aliphatic rings. The minimum atomic E-state index is -4.65. The Bertz CT molecular complexity index is 644. The molecular formula is C12H8F3N3O2. The Balaban J connectivity index is 2.44. The minimum absolute atomic E-state index is 0.0315. The second-order valence-corrected chi connectivity index (χ2v) is 3.80. The number of nitrogens with one attached hydrogen (secondary N) is 1. The summed E-state index contributed by atoms with van der Waals surface area (Å²) in [7, 11) is 0. The Morgan fingerprint density at radius 2 is 1.75 bits per heavy atom. The number of nitro groups is 1. The zero-order chi connectivity index (χ0) is 14.8. The van der Waals surface area contributed by atoms with E-state index in [1.807, 2.05) is 0 Å². The Kier molecular flexibility index (Phi) is 3.55. The number of nitrogens with zero attached hydrogens (tertiary/aromatic N) is 2. The SMILES string of the molecule is O=[N+]([O-])c1ccccc1Nc1cccnc1C(F)(F)F. The third-order valence-corrected chi connectivity index (χ3v) is 2.45. The van der Waals surface area contributed by atoms with Crippen molar-refractivity contribution in [2.24, 2.45) is 0 Å². The fourth-order valence-corrected chi connectivity index (χ4v) is 1.62. The summed E-state index contributed by atoms with van der Waals surface area (Å²) < 4.78 is 38.3. The van der Waals surface area contributed by atoms with Gasteiger partial charge < -0.3 is 5.32 Å². The number of halogens is 3. The minimum Gasteiger partial charge on any atom is -0.348 e. The number of para-hydroxylation sites is 2. The summed E-state index contributed by atoms with van der Waals surface area (Å²) in [6, 6.07) is 7.91. The maximum absolute atomic E-state index is 12.8. The molecule has 1 aromatic carbocycles. The van der Waals surface area contributed by atoms with Crippen molar-refractivity contribution in [1.29, 1.82) is 0 Å². The molecule has 0 amide bonds. The maximum Gasteiger partial charge on any atom is 0.435 e. The van der Waals surface area contributed by atoms with Crippen LogP contribution >= 0.6 is 0 Å². The summed E-state index contributed by atoms with van der Waals surface area (Å²) in [6.45, 7) is 0. The van der Waals surface area contributed by atoms with Crippen LogP contribution in [0.1, 0.15) is 5.69 Å². The number of alkyl halides is 3. The average molecular weight is 283 g/mol. The summed E-state index contributed by atoms with van der Waals surface area (Å²) in [5.74, 6) is 0. The van der Waals surface area contributed by atoms with Gasteiger partial charge in [-0.25, -0.2) is 4.98 Å². The van der Waals surface area contributed by atoms with E-state index in [-0.39, 0.29) is 17.1 Å². The number of aromatic nitrogens is 1. The van der Waals surface area contributed by atoms with E-state index < -0.39 is 16.8 Å². The van der Waals surface area contributed by atoms with Gasteiger partial charge >= 0.3 is 6.18 Å². The second-order valence-electron chi connectivity index (χ2n) is 3.80. The smallest absolute Gasteiger partial charge is 0.348 e. The highest BCUT2D eigenvalue weighted by Gasteiger charge is 2.35. The van der Waals surface area contributed by atoms with Crippen molar-refractivity contribution in [3.8, 4) is 0 Å². The van der Waals surface area contributed by atoms with Gasteiger partial charge in [0.25, 0.3) is 5.69 Å². The van der Waals surface area contributed by atoms with Crippen molar-refractivity contribution < 1.29 is 18.1 Å². The first-order valence-electron chi connectivity index (χ1n) is 5.42. The third-order valence-electron chi connectivity index (χ3n) is 2.45. The lowest BCUT2D eigenvalue weighted by Crippen LogP contribution is -2.11. The van der Waals surface area contributed by atoms with Crippen LogP contribution in [0.25, 0.3) is 0 Å². The normalized spacial score (nSPS) is 11.2. The Morgan fingerprint density at radius 3 is 2.40 bits per heavy atom. The monoisotopic (exact) mass is 283 g/mol. The molecule has 1 aromatic heterocycles. The van der Waals surface area contributed by atoms with Gasteiger partial charge in [0.05, 0.1) is 10.6 Å². The van der Waals surface area contributed by atoms with E-state index in [4.69, 9.17) is 0 Å². The summed E-state index contributed by atoms with van der Waals surface area (Å²) in [5.41, 5.74) is -1.81. The van der Waals surface area contributed by atoms with Crippen LogP contribution < -0.4 is 5.32 Å². The molecule has 0 saturated carbocycles. The van der Waals surface area contributed by atoms with E-state index in [9.17, 15) is 23.3 Å². The van der Waals surface area contributed by atoms with Gasteiger partial charge in [-0.05, 0) is 18.2 Å². The van der Waals surface area contributed by atoms with E-state index in [2.05, 4.69) is 10.3 Å². The lowest BCUT2D eigenvalue weighted by Gasteiger charge is -2.13. The van der Waals surface area contributed by atoms with Crippen LogP contribution in [0.3, 0.4) is 0 Å². The van der Waals surface area contributed by atoms with E-state index in [1.165, 1.54) is 30.3 Å². The Hall–Kier alpha value is -2.64. The highest BCUT2D eigenvalue weighted by atomic mass is 19.4. The van der Waals surface area contributed by atoms with Gasteiger partial charge in [-0.15, -0.1) is 0 Å². The largest absolute Gasteiger partial charge is 0.435 e. The van der Waals surface area contributed by atoms with Gasteiger partial charge in [-0.1, -0.05) is 12.1 Å². The zero-order valence-electron chi connectivity index (χ0n) is 9.89. The summed E-state index contributed by atoms with van der Waals surface area (Å²) >= 11 is 0. The van der Waals surface area contributed by atoms with E-state index in [0.29, 0.717) is 0 Å². The predicted molar refractivity (Wildman–Crippen MR) is 65.6 cm³/mol. The quantitative estimate of drug-likeness (QED) is 0.688. The lowest BCUT2D eigenvalue weighted by atomic mass is 10.2. The predicted octanol–water partition coefficient (Wildman–Crippen LogP) is 3.75. The molecule has 0 bridgehead atoms. The molecule has 0 aliphatic heterocycles. The van der Waals surface area contributed by atoms with Crippen molar-refractivity contribution in [3.05, 3.63) is 58.4 Å². The number of nitro benzene ring substituents is 1. The molecular weight excluding hydrogens is 275 g/mol. The fourth-order valence-electron chi connectivity index (χ4n) is 1.62. The average Bonchev–Trinajstić information content (AvgIpc) is 2.38. The number of hydrogen-bond acceptors (Lipinski definition) is 4. The topological polar surface area (TPSA) is 68.1 Å². The standard InChI is InChI=1S/C12H8F3N3O2/c13-12(14,15)11-9(5-3-7-16-11)17-8-4-1-2-6-10(8)18(19)20/h1-7,17H.